The molecule has 0 amide bonds. The van der Waals surface area contributed by atoms with Gasteiger partial charge in [-0.2, -0.15) is 4.68 Å². The summed E-state index contributed by atoms with van der Waals surface area (Å²) in [5.41, 5.74) is 1.09. The van der Waals surface area contributed by atoms with Crippen molar-refractivity contribution in [1.82, 2.24) is 19.2 Å². The zero-order valence-corrected chi connectivity index (χ0v) is 20.8. The molecule has 206 valence electrons. The number of carboxylic acid groups (broad SMARTS) is 1. The number of anilines is 2. The van der Waals surface area contributed by atoms with Crippen LogP contribution in [0.2, 0.25) is 0 Å². The predicted octanol–water partition coefficient (Wildman–Crippen LogP) is 2.93. The first kappa shape index (κ1) is 26.5. The minimum absolute atomic E-state index is 0.253. The highest BCUT2D eigenvalue weighted by Crippen LogP contribution is 2.28. The lowest BCUT2D eigenvalue weighted by Crippen LogP contribution is -2.31. The fourth-order valence-electron chi connectivity index (χ4n) is 5.06. The Labute approximate surface area is 220 Å². The highest BCUT2D eigenvalue weighted by molar-refractivity contribution is 5.70. The topological polar surface area (TPSA) is 119 Å². The first-order chi connectivity index (χ1) is 18.6. The van der Waals surface area contributed by atoms with E-state index in [9.17, 15) is 32.7 Å². The molecule has 10 nitrogen and oxygen atoms in total. The Hall–Kier alpha value is -4.13. The molecule has 0 radical (unpaired) electrons. The number of hydrogen-bond donors (Lipinski definition) is 2. The third-order valence-corrected chi connectivity index (χ3v) is 7.02. The molecule has 1 fully saturated rings. The molecular formula is C26H26F3N5O5. The number of nitrogens with zero attached hydrogens (tertiary/aromatic N) is 4. The van der Waals surface area contributed by atoms with Crippen molar-refractivity contribution in [2.45, 2.75) is 38.6 Å². The Morgan fingerprint density at radius 2 is 1.82 bits per heavy atom. The number of halogens is 3. The molecule has 1 aliphatic heterocycles. The van der Waals surface area contributed by atoms with Gasteiger partial charge in [0.25, 0.3) is 11.1 Å². The molecule has 2 aromatic heterocycles. The number of aromatic nitrogens is 3. The van der Waals surface area contributed by atoms with Crippen LogP contribution in [0.15, 0.2) is 52.2 Å². The highest BCUT2D eigenvalue weighted by atomic mass is 19.4. The van der Waals surface area contributed by atoms with E-state index in [1.807, 2.05) is 4.90 Å². The van der Waals surface area contributed by atoms with Gasteiger partial charge in [-0.1, -0.05) is 0 Å². The number of hydrogen-bond acceptors (Lipinski definition) is 7. The van der Waals surface area contributed by atoms with Gasteiger partial charge in [0.2, 0.25) is 0 Å². The Kier molecular flexibility index (Phi) is 7.17. The van der Waals surface area contributed by atoms with Crippen molar-refractivity contribution in [3.63, 3.8) is 0 Å². The maximum Gasteiger partial charge on any atom is 0.573 e. The average molecular weight is 546 g/mol. The number of benzene rings is 1. The number of carboxylic acids is 1. The summed E-state index contributed by atoms with van der Waals surface area (Å²) >= 11 is 0. The van der Waals surface area contributed by atoms with Crippen molar-refractivity contribution in [1.29, 1.82) is 0 Å². The van der Waals surface area contributed by atoms with Crippen molar-refractivity contribution in [3.05, 3.63) is 74.4 Å². The van der Waals surface area contributed by atoms with Crippen molar-refractivity contribution in [2.75, 3.05) is 25.0 Å². The number of alkyl halides is 3. The monoisotopic (exact) mass is 545 g/mol. The van der Waals surface area contributed by atoms with Crippen LogP contribution in [0.4, 0.5) is 24.7 Å². The Morgan fingerprint density at radius 1 is 1.08 bits per heavy atom. The molecule has 3 aromatic rings. The number of fused-ring (bicyclic) bond motifs is 1. The zero-order chi connectivity index (χ0) is 27.7. The lowest BCUT2D eigenvalue weighted by molar-refractivity contribution is -0.274. The molecule has 0 spiro atoms. The first-order valence-corrected chi connectivity index (χ1v) is 12.5. The zero-order valence-electron chi connectivity index (χ0n) is 20.8. The molecule has 1 aliphatic carbocycles. The van der Waals surface area contributed by atoms with E-state index in [0.717, 1.165) is 23.2 Å². The lowest BCUT2D eigenvalue weighted by Gasteiger charge is -2.17. The maximum absolute atomic E-state index is 13.2. The quantitative estimate of drug-likeness (QED) is 0.444. The summed E-state index contributed by atoms with van der Waals surface area (Å²) < 4.78 is 44.1. The number of aliphatic carboxylic acids is 1. The standard InChI is InChI=1S/C26H26F3N5O5/c27-26(28,29)39-18-8-6-17(7-9-18)34-23(35)20-4-1-3-19(20)22(31-34)30-21-5-2-11-33(24(21)36)14-13-32-12-10-16(15-32)25(37)38/h2,5-9,11,16H,1,3-4,10,12-15H2,(H,30,31)(H,37,38). The number of likely N-dealkylation sites (tertiary alicyclic amines) is 1. The summed E-state index contributed by atoms with van der Waals surface area (Å²) in [5.74, 6) is -1.30. The second-order valence-electron chi connectivity index (χ2n) is 9.59. The molecular weight excluding hydrogens is 519 g/mol. The molecule has 13 heteroatoms. The van der Waals surface area contributed by atoms with Crippen LogP contribution >= 0.6 is 0 Å². The highest BCUT2D eigenvalue weighted by Gasteiger charge is 2.31. The van der Waals surface area contributed by atoms with Gasteiger partial charge in [0.15, 0.2) is 5.82 Å². The molecule has 39 heavy (non-hydrogen) atoms. The van der Waals surface area contributed by atoms with Gasteiger partial charge >= 0.3 is 12.3 Å². The molecule has 1 atom stereocenters. The van der Waals surface area contributed by atoms with Gasteiger partial charge in [-0.05, 0) is 68.6 Å². The van der Waals surface area contributed by atoms with Crippen LogP contribution in [0.3, 0.4) is 0 Å². The van der Waals surface area contributed by atoms with E-state index in [0.29, 0.717) is 62.4 Å². The molecule has 0 bridgehead atoms. The van der Waals surface area contributed by atoms with Crippen LogP contribution in [0.25, 0.3) is 5.69 Å². The minimum Gasteiger partial charge on any atom is -0.481 e. The van der Waals surface area contributed by atoms with Gasteiger partial charge in [-0.25, -0.2) is 0 Å². The number of carbonyl (C=O) groups is 1. The summed E-state index contributed by atoms with van der Waals surface area (Å²) in [7, 11) is 0. The number of nitrogens with one attached hydrogen (secondary N) is 1. The normalized spacial score (nSPS) is 17.3. The van der Waals surface area contributed by atoms with Crippen LogP contribution in [-0.2, 0) is 24.2 Å². The third-order valence-electron chi connectivity index (χ3n) is 7.02. The summed E-state index contributed by atoms with van der Waals surface area (Å²) in [6.07, 6.45) is -0.751. The van der Waals surface area contributed by atoms with Gasteiger partial charge in [-0.3, -0.25) is 14.4 Å². The fourth-order valence-corrected chi connectivity index (χ4v) is 5.06. The molecule has 0 saturated carbocycles. The molecule has 1 saturated heterocycles. The number of rotatable bonds is 8. The van der Waals surface area contributed by atoms with E-state index in [1.54, 1.807) is 18.3 Å². The Morgan fingerprint density at radius 3 is 2.51 bits per heavy atom. The number of ether oxygens (including phenoxy) is 1. The minimum atomic E-state index is -4.83. The second-order valence-corrected chi connectivity index (χ2v) is 9.59. The molecule has 1 aromatic carbocycles. The van der Waals surface area contributed by atoms with Crippen molar-refractivity contribution in [2.24, 2.45) is 5.92 Å². The summed E-state index contributed by atoms with van der Waals surface area (Å²) in [5, 5.41) is 16.7. The third kappa shape index (κ3) is 5.82. The average Bonchev–Trinajstić information content (AvgIpc) is 3.56. The Bertz CT molecular complexity index is 1500. The Balaban J connectivity index is 1.39. The smallest absolute Gasteiger partial charge is 0.481 e. The maximum atomic E-state index is 13.2. The lowest BCUT2D eigenvalue weighted by atomic mass is 10.1. The SMILES string of the molecule is O=C(O)C1CCN(CCn2cccc(Nc3nn(-c4ccc(OC(F)(F)F)cc4)c(=O)c4c3CCC4)c2=O)C1. The molecule has 5 rings (SSSR count). The van der Waals surface area contributed by atoms with Gasteiger partial charge < -0.3 is 24.6 Å². The number of pyridine rings is 1. The molecule has 2 aliphatic rings. The van der Waals surface area contributed by atoms with Gasteiger partial charge in [0.05, 0.1) is 11.6 Å². The van der Waals surface area contributed by atoms with Gasteiger partial charge in [0.1, 0.15) is 11.4 Å². The van der Waals surface area contributed by atoms with Gasteiger partial charge in [0, 0.05) is 37.0 Å². The molecule has 2 N–H and O–H groups in total. The fraction of sp³-hybridized carbons (Fsp3) is 0.385. The molecule has 1 unspecified atom stereocenters. The molecule has 3 heterocycles. The van der Waals surface area contributed by atoms with Crippen LogP contribution in [0.5, 0.6) is 5.75 Å². The summed E-state index contributed by atoms with van der Waals surface area (Å²) in [6, 6.07) is 8.14. The van der Waals surface area contributed by atoms with Crippen LogP contribution in [0, 0.1) is 5.92 Å². The second kappa shape index (κ2) is 10.6. The first-order valence-electron chi connectivity index (χ1n) is 12.5. The van der Waals surface area contributed by atoms with E-state index < -0.39 is 24.0 Å². The summed E-state index contributed by atoms with van der Waals surface area (Å²) in [4.78, 5) is 39.6. The van der Waals surface area contributed by atoms with Crippen molar-refractivity contribution < 1.29 is 27.8 Å². The van der Waals surface area contributed by atoms with Crippen molar-refractivity contribution in [3.8, 4) is 11.4 Å². The predicted molar refractivity (Wildman–Crippen MR) is 135 cm³/mol. The van der Waals surface area contributed by atoms with Gasteiger partial charge in [-0.15, -0.1) is 18.3 Å². The van der Waals surface area contributed by atoms with Crippen LogP contribution in [-0.4, -0.2) is 56.3 Å². The summed E-state index contributed by atoms with van der Waals surface area (Å²) in [6.45, 7) is 2.01. The van der Waals surface area contributed by atoms with Crippen molar-refractivity contribution >= 4 is 17.5 Å². The van der Waals surface area contributed by atoms with E-state index in [1.165, 1.54) is 16.7 Å². The largest absolute Gasteiger partial charge is 0.573 e. The van der Waals surface area contributed by atoms with Crippen LogP contribution < -0.4 is 21.2 Å². The van der Waals surface area contributed by atoms with Crippen LogP contribution in [0.1, 0.15) is 24.0 Å². The van der Waals surface area contributed by atoms with E-state index in [2.05, 4.69) is 15.2 Å². The van der Waals surface area contributed by atoms with E-state index >= 15 is 0 Å². The van der Waals surface area contributed by atoms with E-state index in [4.69, 9.17) is 0 Å². The van der Waals surface area contributed by atoms with E-state index in [-0.39, 0.29) is 22.5 Å².